The second-order valence-electron chi connectivity index (χ2n) is 1.50. The molecule has 0 fully saturated rings. The summed E-state index contributed by atoms with van der Waals surface area (Å²) in [6.45, 7) is 1.68. The summed E-state index contributed by atoms with van der Waals surface area (Å²) in [6, 6.07) is -0.306. The van der Waals surface area contributed by atoms with Crippen LogP contribution >= 0.6 is 0 Å². The Balaban J connectivity index is 3.46. The predicted molar refractivity (Wildman–Crippen MR) is 30.9 cm³/mol. The monoisotopic (exact) mass is 117 g/mol. The molecule has 0 rings (SSSR count). The van der Waals surface area contributed by atoms with Gasteiger partial charge in [0.2, 0.25) is 5.91 Å². The van der Waals surface area contributed by atoms with Gasteiger partial charge in [0.05, 0.1) is 6.04 Å². The molecule has 0 aromatic carbocycles. The van der Waals surface area contributed by atoms with Crippen LogP contribution in [0.15, 0.2) is 0 Å². The molecule has 4 heteroatoms. The largest absolute Gasteiger partial charge is 0.358 e. The molecule has 0 saturated heterocycles. The number of hydrogen-bond acceptors (Lipinski definition) is 3. The third-order valence-corrected chi connectivity index (χ3v) is 0.890. The summed E-state index contributed by atoms with van der Waals surface area (Å²) in [4.78, 5) is 10.5. The highest BCUT2D eigenvalue weighted by Crippen LogP contribution is 1.73. The number of amides is 1. The molecule has 1 atom stereocenters. The van der Waals surface area contributed by atoms with Gasteiger partial charge in [-0.25, -0.2) is 5.43 Å². The number of likely N-dealkylation sites (N-methyl/N-ethyl adjacent to an activating group) is 1. The molecule has 0 aromatic heterocycles. The lowest BCUT2D eigenvalue weighted by Crippen LogP contribution is -2.44. The fraction of sp³-hybridized carbons (Fsp3) is 0.750. The van der Waals surface area contributed by atoms with Gasteiger partial charge in [-0.15, -0.1) is 0 Å². The van der Waals surface area contributed by atoms with E-state index in [1.165, 1.54) is 0 Å². The van der Waals surface area contributed by atoms with Crippen LogP contribution in [0.25, 0.3) is 0 Å². The standard InChI is InChI=1S/C4H11N3O/c1-3(7-5)4(8)6-2/h3,7H,5H2,1-2H3,(H,6,8). The highest BCUT2D eigenvalue weighted by molar-refractivity contribution is 5.80. The van der Waals surface area contributed by atoms with Gasteiger partial charge in [0.25, 0.3) is 0 Å². The van der Waals surface area contributed by atoms with Crippen LogP contribution in [-0.4, -0.2) is 19.0 Å². The van der Waals surface area contributed by atoms with E-state index in [0.717, 1.165) is 0 Å². The summed E-state index contributed by atoms with van der Waals surface area (Å²) in [5.41, 5.74) is 2.30. The van der Waals surface area contributed by atoms with Crippen molar-refractivity contribution in [1.82, 2.24) is 10.7 Å². The molecule has 1 unspecified atom stereocenters. The molecule has 4 nitrogen and oxygen atoms in total. The minimum absolute atomic E-state index is 0.104. The summed E-state index contributed by atoms with van der Waals surface area (Å²) in [5, 5.41) is 2.43. The first-order valence-electron chi connectivity index (χ1n) is 2.40. The Morgan fingerprint density at radius 1 is 1.75 bits per heavy atom. The van der Waals surface area contributed by atoms with E-state index in [1.54, 1.807) is 14.0 Å². The second kappa shape index (κ2) is 3.40. The molecule has 4 N–H and O–H groups in total. The van der Waals surface area contributed by atoms with Gasteiger partial charge in [-0.2, -0.15) is 0 Å². The van der Waals surface area contributed by atoms with Gasteiger partial charge in [-0.05, 0) is 6.92 Å². The lowest BCUT2D eigenvalue weighted by Gasteiger charge is -2.05. The molecule has 0 aromatic rings. The molecule has 1 amide bonds. The summed E-state index contributed by atoms with van der Waals surface area (Å²) in [7, 11) is 1.57. The van der Waals surface area contributed by atoms with E-state index < -0.39 is 0 Å². The topological polar surface area (TPSA) is 67.2 Å². The first kappa shape index (κ1) is 7.39. The fourth-order valence-corrected chi connectivity index (χ4v) is 0.292. The van der Waals surface area contributed by atoms with Crippen molar-refractivity contribution in [3.63, 3.8) is 0 Å². The van der Waals surface area contributed by atoms with Crippen molar-refractivity contribution in [2.75, 3.05) is 7.05 Å². The number of hydrogen-bond donors (Lipinski definition) is 3. The smallest absolute Gasteiger partial charge is 0.237 e. The number of rotatable bonds is 2. The zero-order valence-electron chi connectivity index (χ0n) is 5.06. The van der Waals surface area contributed by atoms with Gasteiger partial charge in [0, 0.05) is 7.05 Å². The van der Waals surface area contributed by atoms with Crippen LogP contribution in [-0.2, 0) is 4.79 Å². The van der Waals surface area contributed by atoms with Crippen LogP contribution in [0.5, 0.6) is 0 Å². The summed E-state index contributed by atoms with van der Waals surface area (Å²) in [5.74, 6) is 4.83. The van der Waals surface area contributed by atoms with E-state index in [2.05, 4.69) is 10.7 Å². The Bertz CT molecular complexity index is 83.4. The Morgan fingerprint density at radius 2 is 2.25 bits per heavy atom. The van der Waals surface area contributed by atoms with Crippen LogP contribution in [0.3, 0.4) is 0 Å². The number of carbonyl (C=O) groups excluding carboxylic acids is 1. The number of hydrazine groups is 1. The minimum Gasteiger partial charge on any atom is -0.358 e. The third-order valence-electron chi connectivity index (χ3n) is 0.890. The molecule has 0 spiro atoms. The average molecular weight is 117 g/mol. The van der Waals surface area contributed by atoms with Crippen molar-refractivity contribution in [2.24, 2.45) is 5.84 Å². The molecule has 0 bridgehead atoms. The SMILES string of the molecule is CNC(=O)C(C)NN. The van der Waals surface area contributed by atoms with E-state index in [9.17, 15) is 4.79 Å². The lowest BCUT2D eigenvalue weighted by atomic mass is 10.3. The van der Waals surface area contributed by atoms with E-state index in [1.807, 2.05) is 0 Å². The average Bonchev–Trinajstić information content (AvgIpc) is 1.84. The normalized spacial score (nSPS) is 12.9. The molecule has 0 radical (unpaired) electrons. The minimum atomic E-state index is -0.306. The Labute approximate surface area is 48.4 Å². The van der Waals surface area contributed by atoms with Crippen LogP contribution in [0.1, 0.15) is 6.92 Å². The number of nitrogens with two attached hydrogens (primary N) is 1. The molecule has 0 aliphatic heterocycles. The van der Waals surface area contributed by atoms with E-state index in [4.69, 9.17) is 5.84 Å². The van der Waals surface area contributed by atoms with Gasteiger partial charge in [0.1, 0.15) is 0 Å². The maximum atomic E-state index is 10.5. The molecule has 0 aliphatic carbocycles. The van der Waals surface area contributed by atoms with Gasteiger partial charge >= 0.3 is 0 Å². The van der Waals surface area contributed by atoms with Crippen molar-refractivity contribution in [2.45, 2.75) is 13.0 Å². The molecule has 0 aliphatic rings. The van der Waals surface area contributed by atoms with Gasteiger partial charge in [-0.1, -0.05) is 0 Å². The van der Waals surface area contributed by atoms with E-state index in [0.29, 0.717) is 0 Å². The fourth-order valence-electron chi connectivity index (χ4n) is 0.292. The first-order valence-corrected chi connectivity index (χ1v) is 2.40. The summed E-state index contributed by atoms with van der Waals surface area (Å²) in [6.07, 6.45) is 0. The first-order chi connectivity index (χ1) is 3.72. The number of carbonyl (C=O) groups is 1. The molecule has 0 heterocycles. The maximum absolute atomic E-state index is 10.5. The van der Waals surface area contributed by atoms with Gasteiger partial charge in [-0.3, -0.25) is 10.6 Å². The van der Waals surface area contributed by atoms with Crippen molar-refractivity contribution in [1.29, 1.82) is 0 Å². The molecule has 8 heavy (non-hydrogen) atoms. The van der Waals surface area contributed by atoms with Crippen LogP contribution in [0.4, 0.5) is 0 Å². The zero-order valence-corrected chi connectivity index (χ0v) is 5.06. The van der Waals surface area contributed by atoms with Gasteiger partial charge < -0.3 is 5.32 Å². The zero-order chi connectivity index (χ0) is 6.57. The highest BCUT2D eigenvalue weighted by Gasteiger charge is 2.05. The van der Waals surface area contributed by atoms with Crippen LogP contribution in [0.2, 0.25) is 0 Å². The lowest BCUT2D eigenvalue weighted by molar-refractivity contribution is -0.122. The van der Waals surface area contributed by atoms with Crippen molar-refractivity contribution in [3.05, 3.63) is 0 Å². The van der Waals surface area contributed by atoms with Crippen molar-refractivity contribution < 1.29 is 4.79 Å². The second-order valence-corrected chi connectivity index (χ2v) is 1.50. The summed E-state index contributed by atoms with van der Waals surface area (Å²) >= 11 is 0. The Hall–Kier alpha value is -0.610. The molecule has 48 valence electrons. The molecular formula is C4H11N3O. The van der Waals surface area contributed by atoms with Crippen molar-refractivity contribution in [3.8, 4) is 0 Å². The molecular weight excluding hydrogens is 106 g/mol. The summed E-state index contributed by atoms with van der Waals surface area (Å²) < 4.78 is 0. The van der Waals surface area contributed by atoms with E-state index >= 15 is 0 Å². The maximum Gasteiger partial charge on any atom is 0.237 e. The quantitative estimate of drug-likeness (QED) is 0.307. The highest BCUT2D eigenvalue weighted by atomic mass is 16.2. The van der Waals surface area contributed by atoms with Crippen LogP contribution in [0, 0.1) is 0 Å². The van der Waals surface area contributed by atoms with Gasteiger partial charge in [0.15, 0.2) is 0 Å². The molecule has 0 saturated carbocycles. The third kappa shape index (κ3) is 1.90. The van der Waals surface area contributed by atoms with Crippen LogP contribution < -0.4 is 16.6 Å². The Morgan fingerprint density at radius 3 is 2.38 bits per heavy atom. The Kier molecular flexibility index (Phi) is 3.14. The number of nitrogens with one attached hydrogen (secondary N) is 2. The predicted octanol–water partition coefficient (Wildman–Crippen LogP) is -1.42. The van der Waals surface area contributed by atoms with Crippen molar-refractivity contribution >= 4 is 5.91 Å². The van der Waals surface area contributed by atoms with E-state index in [-0.39, 0.29) is 11.9 Å².